The van der Waals surface area contributed by atoms with Crippen LogP contribution in [0.4, 0.5) is 5.69 Å². The number of hydrogen-bond donors (Lipinski definition) is 1. The number of nitrogens with zero attached hydrogens (tertiary/aromatic N) is 1. The highest BCUT2D eigenvalue weighted by molar-refractivity contribution is 6.34. The third-order valence-electron chi connectivity index (χ3n) is 2.43. The molecule has 2 heterocycles. The van der Waals surface area contributed by atoms with Crippen molar-refractivity contribution in [3.8, 4) is 0 Å². The van der Waals surface area contributed by atoms with Crippen molar-refractivity contribution in [2.75, 3.05) is 5.32 Å². The first-order chi connectivity index (χ1) is 7.84. The lowest BCUT2D eigenvalue weighted by Gasteiger charge is -1.94. The maximum absolute atomic E-state index is 11.7. The Kier molecular flexibility index (Phi) is 1.86. The molecule has 78 valence electrons. The van der Waals surface area contributed by atoms with Crippen molar-refractivity contribution in [1.82, 2.24) is 4.98 Å². The molecule has 0 bridgehead atoms. The summed E-state index contributed by atoms with van der Waals surface area (Å²) in [6.07, 6.45) is 4.66. The summed E-state index contributed by atoms with van der Waals surface area (Å²) < 4.78 is 5.09. The van der Waals surface area contributed by atoms with E-state index in [2.05, 4.69) is 10.3 Å². The van der Waals surface area contributed by atoms with Crippen LogP contribution in [0.15, 0.2) is 41.1 Å². The number of oxazole rings is 1. The summed E-state index contributed by atoms with van der Waals surface area (Å²) in [6.45, 7) is 0. The Bertz CT molecular complexity index is 570. The van der Waals surface area contributed by atoms with E-state index in [1.165, 1.54) is 6.26 Å². The predicted octanol–water partition coefficient (Wildman–Crippen LogP) is 2.17. The molecule has 0 spiro atoms. The van der Waals surface area contributed by atoms with Gasteiger partial charge in [0.2, 0.25) is 5.89 Å². The van der Waals surface area contributed by atoms with Gasteiger partial charge in [-0.15, -0.1) is 0 Å². The second kappa shape index (κ2) is 3.34. The Morgan fingerprint density at radius 3 is 3.00 bits per heavy atom. The number of hydrogen-bond acceptors (Lipinski definition) is 3. The fourth-order valence-electron chi connectivity index (χ4n) is 1.71. The minimum Gasteiger partial charge on any atom is -0.445 e. The number of carbonyl (C=O) groups is 1. The van der Waals surface area contributed by atoms with E-state index < -0.39 is 0 Å². The van der Waals surface area contributed by atoms with Crippen LogP contribution in [0, 0.1) is 0 Å². The van der Waals surface area contributed by atoms with Gasteiger partial charge in [-0.2, -0.15) is 0 Å². The second-order valence-corrected chi connectivity index (χ2v) is 3.43. The van der Waals surface area contributed by atoms with E-state index in [4.69, 9.17) is 4.42 Å². The van der Waals surface area contributed by atoms with Gasteiger partial charge in [-0.1, -0.05) is 18.2 Å². The number of anilines is 1. The summed E-state index contributed by atoms with van der Waals surface area (Å²) in [5.74, 6) is 0.307. The van der Waals surface area contributed by atoms with E-state index in [0.717, 1.165) is 11.3 Å². The number of para-hydroxylation sites is 1. The summed E-state index contributed by atoms with van der Waals surface area (Å²) in [7, 11) is 0. The summed E-state index contributed by atoms with van der Waals surface area (Å²) in [5, 5.41) is 2.78. The molecular weight excluding hydrogens is 204 g/mol. The van der Waals surface area contributed by atoms with Crippen LogP contribution >= 0.6 is 0 Å². The van der Waals surface area contributed by atoms with Gasteiger partial charge in [-0.3, -0.25) is 4.79 Å². The predicted molar refractivity (Wildman–Crippen MR) is 59.4 cm³/mol. The monoisotopic (exact) mass is 212 g/mol. The molecule has 0 unspecified atom stereocenters. The lowest BCUT2D eigenvalue weighted by molar-refractivity contribution is -0.110. The third-order valence-corrected chi connectivity index (χ3v) is 2.43. The number of benzene rings is 1. The van der Waals surface area contributed by atoms with Crippen LogP contribution in [0.3, 0.4) is 0 Å². The zero-order valence-electron chi connectivity index (χ0n) is 8.31. The molecule has 1 aromatic heterocycles. The maximum atomic E-state index is 11.7. The Labute approximate surface area is 91.6 Å². The minimum atomic E-state index is -0.126. The number of rotatable bonds is 1. The van der Waals surface area contributed by atoms with Crippen LogP contribution in [-0.2, 0) is 4.79 Å². The molecule has 2 aromatic rings. The first-order valence-electron chi connectivity index (χ1n) is 4.86. The molecule has 0 aliphatic carbocycles. The Hall–Kier alpha value is -2.36. The van der Waals surface area contributed by atoms with Gasteiger partial charge in [0.15, 0.2) is 0 Å². The van der Waals surface area contributed by atoms with E-state index in [0.29, 0.717) is 11.5 Å². The minimum absolute atomic E-state index is 0.126. The highest BCUT2D eigenvalue weighted by Crippen LogP contribution is 2.32. The van der Waals surface area contributed by atoms with Crippen molar-refractivity contribution in [3.63, 3.8) is 0 Å². The van der Waals surface area contributed by atoms with E-state index in [1.54, 1.807) is 12.3 Å². The average Bonchev–Trinajstić information content (AvgIpc) is 2.89. The molecule has 4 nitrogen and oxygen atoms in total. The molecule has 0 saturated carbocycles. The lowest BCUT2D eigenvalue weighted by atomic mass is 10.1. The van der Waals surface area contributed by atoms with Gasteiger partial charge >= 0.3 is 0 Å². The van der Waals surface area contributed by atoms with Crippen molar-refractivity contribution in [3.05, 3.63) is 48.2 Å². The molecule has 3 rings (SSSR count). The third kappa shape index (κ3) is 1.32. The molecule has 1 aliphatic rings. The molecule has 16 heavy (non-hydrogen) atoms. The molecule has 0 radical (unpaired) electrons. The summed E-state index contributed by atoms with van der Waals surface area (Å²) in [5.41, 5.74) is 2.29. The Balaban J connectivity index is 2.12. The molecule has 1 aliphatic heterocycles. The van der Waals surface area contributed by atoms with Crippen LogP contribution < -0.4 is 5.32 Å². The van der Waals surface area contributed by atoms with Crippen molar-refractivity contribution in [2.45, 2.75) is 0 Å². The molecule has 0 atom stereocenters. The largest absolute Gasteiger partial charge is 0.445 e. The number of fused-ring (bicyclic) bond motifs is 1. The molecule has 1 N–H and O–H groups in total. The van der Waals surface area contributed by atoms with Gasteiger partial charge in [-0.05, 0) is 6.07 Å². The number of nitrogens with one attached hydrogen (secondary N) is 1. The molecule has 0 fully saturated rings. The van der Waals surface area contributed by atoms with Crippen LogP contribution in [0.2, 0.25) is 0 Å². The van der Waals surface area contributed by atoms with Gasteiger partial charge < -0.3 is 9.73 Å². The zero-order valence-corrected chi connectivity index (χ0v) is 8.31. The van der Waals surface area contributed by atoms with Crippen LogP contribution in [0.5, 0.6) is 0 Å². The molecule has 1 amide bonds. The summed E-state index contributed by atoms with van der Waals surface area (Å²) in [6, 6.07) is 7.53. The van der Waals surface area contributed by atoms with Crippen molar-refractivity contribution in [1.29, 1.82) is 0 Å². The van der Waals surface area contributed by atoms with E-state index >= 15 is 0 Å². The van der Waals surface area contributed by atoms with Crippen LogP contribution in [-0.4, -0.2) is 10.9 Å². The fourth-order valence-corrected chi connectivity index (χ4v) is 1.71. The highest BCUT2D eigenvalue weighted by Gasteiger charge is 2.23. The van der Waals surface area contributed by atoms with Crippen molar-refractivity contribution >= 4 is 23.2 Å². The average molecular weight is 212 g/mol. The number of aromatic nitrogens is 1. The first-order valence-corrected chi connectivity index (χ1v) is 4.86. The highest BCUT2D eigenvalue weighted by atomic mass is 16.3. The van der Waals surface area contributed by atoms with Crippen LogP contribution in [0.1, 0.15) is 11.5 Å². The Morgan fingerprint density at radius 2 is 2.19 bits per heavy atom. The van der Waals surface area contributed by atoms with Gasteiger partial charge in [0, 0.05) is 17.3 Å². The van der Waals surface area contributed by atoms with Gasteiger partial charge in [0.25, 0.3) is 5.91 Å². The topological polar surface area (TPSA) is 55.1 Å². The smallest absolute Gasteiger partial charge is 0.256 e. The van der Waals surface area contributed by atoms with Crippen molar-refractivity contribution < 1.29 is 9.21 Å². The van der Waals surface area contributed by atoms with E-state index in [-0.39, 0.29) is 5.91 Å². The van der Waals surface area contributed by atoms with Crippen molar-refractivity contribution in [2.24, 2.45) is 0 Å². The zero-order chi connectivity index (χ0) is 11.0. The molecular formula is C12H8N2O2. The SMILES string of the molecule is O=C1Nc2ccccc2C1=Cc1ncco1. The molecule has 1 aromatic carbocycles. The van der Waals surface area contributed by atoms with Gasteiger partial charge in [-0.25, -0.2) is 4.98 Å². The van der Waals surface area contributed by atoms with Crippen LogP contribution in [0.25, 0.3) is 11.6 Å². The van der Waals surface area contributed by atoms with Gasteiger partial charge in [0.1, 0.15) is 6.26 Å². The number of carbonyl (C=O) groups excluding carboxylic acids is 1. The maximum Gasteiger partial charge on any atom is 0.256 e. The quantitative estimate of drug-likeness (QED) is 0.737. The normalized spacial score (nSPS) is 16.2. The fraction of sp³-hybridized carbons (Fsp3) is 0. The summed E-state index contributed by atoms with van der Waals surface area (Å²) >= 11 is 0. The van der Waals surface area contributed by atoms with E-state index in [1.807, 2.05) is 24.3 Å². The molecule has 4 heteroatoms. The van der Waals surface area contributed by atoms with E-state index in [9.17, 15) is 4.79 Å². The first kappa shape index (κ1) is 8.91. The lowest BCUT2D eigenvalue weighted by Crippen LogP contribution is -2.03. The Morgan fingerprint density at radius 1 is 1.31 bits per heavy atom. The summed E-state index contributed by atoms with van der Waals surface area (Å²) in [4.78, 5) is 15.7. The molecule has 0 saturated heterocycles. The number of amides is 1. The standard InChI is InChI=1S/C12H8N2O2/c15-12-9(7-11-13-5-6-16-11)8-3-1-2-4-10(8)14-12/h1-7H,(H,14,15). The van der Waals surface area contributed by atoms with Gasteiger partial charge in [0.05, 0.1) is 11.8 Å². The second-order valence-electron chi connectivity index (χ2n) is 3.43.